The molecule has 0 aliphatic rings. The first-order valence-electron chi connectivity index (χ1n) is 6.58. The van der Waals surface area contributed by atoms with Gasteiger partial charge in [-0.2, -0.15) is 0 Å². The second-order valence-electron chi connectivity index (χ2n) is 5.00. The van der Waals surface area contributed by atoms with Crippen molar-refractivity contribution < 1.29 is 9.50 Å². The molecule has 20 heavy (non-hydrogen) atoms. The summed E-state index contributed by atoms with van der Waals surface area (Å²) in [6, 6.07) is 18.3. The molecule has 0 aromatic heterocycles. The maximum atomic E-state index is 13.9. The summed E-state index contributed by atoms with van der Waals surface area (Å²) in [6.07, 6.45) is -0.957. The molecule has 3 aromatic rings. The van der Waals surface area contributed by atoms with Gasteiger partial charge in [-0.3, -0.25) is 0 Å². The number of halogens is 1. The van der Waals surface area contributed by atoms with Crippen molar-refractivity contribution in [2.45, 2.75) is 13.0 Å². The zero-order valence-corrected chi connectivity index (χ0v) is 11.2. The molecule has 0 amide bonds. The van der Waals surface area contributed by atoms with Crippen LogP contribution in [0.25, 0.3) is 10.8 Å². The molecule has 0 heterocycles. The average Bonchev–Trinajstić information content (AvgIpc) is 2.48. The minimum atomic E-state index is -0.957. The van der Waals surface area contributed by atoms with Crippen molar-refractivity contribution in [2.75, 3.05) is 0 Å². The van der Waals surface area contributed by atoms with Crippen LogP contribution in [0.1, 0.15) is 22.8 Å². The molecule has 3 rings (SSSR count). The standard InChI is InChI=1S/C18H15FO/c1-12-9-10-17(19)16(11-12)18(20)15-8-4-6-13-5-2-3-7-14(13)15/h2-11,18,20H,1H3. The fourth-order valence-corrected chi connectivity index (χ4v) is 2.53. The van der Waals surface area contributed by atoms with Crippen molar-refractivity contribution in [3.8, 4) is 0 Å². The summed E-state index contributed by atoms with van der Waals surface area (Å²) in [7, 11) is 0. The molecular formula is C18H15FO. The molecule has 0 aliphatic carbocycles. The third-order valence-corrected chi connectivity index (χ3v) is 3.56. The highest BCUT2D eigenvalue weighted by Crippen LogP contribution is 2.30. The maximum absolute atomic E-state index is 13.9. The van der Waals surface area contributed by atoms with Crippen molar-refractivity contribution in [1.29, 1.82) is 0 Å². The molecule has 3 aromatic carbocycles. The summed E-state index contributed by atoms with van der Waals surface area (Å²) in [5.74, 6) is -0.379. The van der Waals surface area contributed by atoms with Crippen molar-refractivity contribution in [1.82, 2.24) is 0 Å². The number of benzene rings is 3. The first-order chi connectivity index (χ1) is 9.66. The van der Waals surface area contributed by atoms with E-state index in [1.54, 1.807) is 12.1 Å². The molecule has 1 nitrogen and oxygen atoms in total. The third kappa shape index (κ3) is 2.19. The Morgan fingerprint density at radius 2 is 1.65 bits per heavy atom. The average molecular weight is 266 g/mol. The van der Waals surface area contributed by atoms with Crippen LogP contribution < -0.4 is 0 Å². The molecule has 0 bridgehead atoms. The van der Waals surface area contributed by atoms with Gasteiger partial charge < -0.3 is 5.11 Å². The Morgan fingerprint density at radius 3 is 2.50 bits per heavy atom. The topological polar surface area (TPSA) is 20.2 Å². The quantitative estimate of drug-likeness (QED) is 0.730. The SMILES string of the molecule is Cc1ccc(F)c(C(O)c2cccc3ccccc23)c1. The Balaban J connectivity index is 2.17. The van der Waals surface area contributed by atoms with Gasteiger partial charge in [-0.25, -0.2) is 4.39 Å². The van der Waals surface area contributed by atoms with Gasteiger partial charge >= 0.3 is 0 Å². The molecule has 1 unspecified atom stereocenters. The van der Waals surface area contributed by atoms with Gasteiger partial charge in [0, 0.05) is 5.56 Å². The van der Waals surface area contributed by atoms with Gasteiger partial charge in [0.2, 0.25) is 0 Å². The van der Waals surface area contributed by atoms with Crippen molar-refractivity contribution in [3.63, 3.8) is 0 Å². The van der Waals surface area contributed by atoms with Crippen LogP contribution in [0.2, 0.25) is 0 Å². The largest absolute Gasteiger partial charge is 0.384 e. The Bertz CT molecular complexity index is 759. The van der Waals surface area contributed by atoms with Gasteiger partial charge in [-0.15, -0.1) is 0 Å². The lowest BCUT2D eigenvalue weighted by Crippen LogP contribution is -2.03. The molecular weight excluding hydrogens is 251 g/mol. The van der Waals surface area contributed by atoms with E-state index in [1.165, 1.54) is 6.07 Å². The summed E-state index contributed by atoms with van der Waals surface area (Å²) in [6.45, 7) is 1.89. The normalized spacial score (nSPS) is 12.6. The lowest BCUT2D eigenvalue weighted by atomic mass is 9.95. The van der Waals surface area contributed by atoms with Gasteiger partial charge in [-0.1, -0.05) is 60.2 Å². The van der Waals surface area contributed by atoms with Crippen LogP contribution in [-0.2, 0) is 0 Å². The molecule has 0 spiro atoms. The summed E-state index contributed by atoms with van der Waals surface area (Å²) < 4.78 is 13.9. The van der Waals surface area contributed by atoms with Crippen molar-refractivity contribution in [3.05, 3.63) is 83.2 Å². The Labute approximate surface area is 117 Å². The number of hydrogen-bond donors (Lipinski definition) is 1. The van der Waals surface area contributed by atoms with Crippen LogP contribution >= 0.6 is 0 Å². The first kappa shape index (κ1) is 12.8. The monoisotopic (exact) mass is 266 g/mol. The fourth-order valence-electron chi connectivity index (χ4n) is 2.53. The Hall–Kier alpha value is -2.19. The number of aliphatic hydroxyl groups excluding tert-OH is 1. The smallest absolute Gasteiger partial charge is 0.129 e. The second-order valence-corrected chi connectivity index (χ2v) is 5.00. The highest BCUT2D eigenvalue weighted by molar-refractivity contribution is 5.86. The van der Waals surface area contributed by atoms with E-state index in [0.29, 0.717) is 5.56 Å². The molecule has 0 saturated carbocycles. The summed E-state index contributed by atoms with van der Waals surface area (Å²) in [5.41, 5.74) is 1.98. The van der Waals surface area contributed by atoms with E-state index in [9.17, 15) is 9.50 Å². The molecule has 0 saturated heterocycles. The molecule has 0 fully saturated rings. The summed E-state index contributed by atoms with van der Waals surface area (Å²) >= 11 is 0. The predicted molar refractivity (Wildman–Crippen MR) is 79.1 cm³/mol. The summed E-state index contributed by atoms with van der Waals surface area (Å²) in [5, 5.41) is 12.5. The van der Waals surface area contributed by atoms with Crippen LogP contribution in [0, 0.1) is 12.7 Å². The molecule has 0 aliphatic heterocycles. The van der Waals surface area contributed by atoms with Crippen LogP contribution in [0.15, 0.2) is 60.7 Å². The van der Waals surface area contributed by atoms with Gasteiger partial charge in [-0.05, 0) is 29.3 Å². The van der Waals surface area contributed by atoms with E-state index in [2.05, 4.69) is 0 Å². The van der Waals surface area contributed by atoms with Crippen LogP contribution in [0.5, 0.6) is 0 Å². The highest BCUT2D eigenvalue weighted by atomic mass is 19.1. The van der Waals surface area contributed by atoms with E-state index in [4.69, 9.17) is 0 Å². The van der Waals surface area contributed by atoms with E-state index >= 15 is 0 Å². The zero-order valence-electron chi connectivity index (χ0n) is 11.2. The molecule has 1 atom stereocenters. The molecule has 0 radical (unpaired) electrons. The number of rotatable bonds is 2. The predicted octanol–water partition coefficient (Wildman–Crippen LogP) is 4.37. The Kier molecular flexibility index (Phi) is 3.25. The van der Waals surface area contributed by atoms with E-state index in [0.717, 1.165) is 21.9 Å². The minimum Gasteiger partial charge on any atom is -0.384 e. The van der Waals surface area contributed by atoms with E-state index in [-0.39, 0.29) is 5.82 Å². The number of aryl methyl sites for hydroxylation is 1. The lowest BCUT2D eigenvalue weighted by molar-refractivity contribution is 0.216. The van der Waals surface area contributed by atoms with Gasteiger partial charge in [0.1, 0.15) is 11.9 Å². The van der Waals surface area contributed by atoms with E-state index < -0.39 is 6.10 Å². The van der Waals surface area contributed by atoms with Crippen LogP contribution in [0.3, 0.4) is 0 Å². The highest BCUT2D eigenvalue weighted by Gasteiger charge is 2.17. The third-order valence-electron chi connectivity index (χ3n) is 3.56. The molecule has 1 N–H and O–H groups in total. The number of fused-ring (bicyclic) bond motifs is 1. The lowest BCUT2D eigenvalue weighted by Gasteiger charge is -2.15. The Morgan fingerprint density at radius 1 is 0.900 bits per heavy atom. The molecule has 2 heteroatoms. The zero-order chi connectivity index (χ0) is 14.1. The minimum absolute atomic E-state index is 0.321. The second kappa shape index (κ2) is 5.06. The van der Waals surface area contributed by atoms with Gasteiger partial charge in [0.15, 0.2) is 0 Å². The number of aliphatic hydroxyl groups is 1. The number of hydrogen-bond acceptors (Lipinski definition) is 1. The van der Waals surface area contributed by atoms with Crippen molar-refractivity contribution in [2.24, 2.45) is 0 Å². The van der Waals surface area contributed by atoms with E-state index in [1.807, 2.05) is 49.4 Å². The summed E-state index contributed by atoms with van der Waals surface area (Å²) in [4.78, 5) is 0. The van der Waals surface area contributed by atoms with Crippen LogP contribution in [0.4, 0.5) is 4.39 Å². The maximum Gasteiger partial charge on any atom is 0.129 e. The van der Waals surface area contributed by atoms with Gasteiger partial charge in [0.05, 0.1) is 0 Å². The van der Waals surface area contributed by atoms with Gasteiger partial charge in [0.25, 0.3) is 0 Å². The first-order valence-corrected chi connectivity index (χ1v) is 6.58. The van der Waals surface area contributed by atoms with Crippen LogP contribution in [-0.4, -0.2) is 5.11 Å². The molecule has 100 valence electrons. The fraction of sp³-hybridized carbons (Fsp3) is 0.111. The van der Waals surface area contributed by atoms with Crippen molar-refractivity contribution >= 4 is 10.8 Å².